The third-order valence-corrected chi connectivity index (χ3v) is 3.66. The van der Waals surface area contributed by atoms with Crippen molar-refractivity contribution < 1.29 is 13.9 Å². The Morgan fingerprint density at radius 1 is 1.30 bits per heavy atom. The number of hydrogen-bond donors (Lipinski definition) is 3. The van der Waals surface area contributed by atoms with Crippen LogP contribution in [-0.4, -0.2) is 38.5 Å². The molecule has 3 rings (SSSR count). The molecule has 0 bridgehead atoms. The predicted molar refractivity (Wildman–Crippen MR) is 96.2 cm³/mol. The van der Waals surface area contributed by atoms with Gasteiger partial charge in [0.1, 0.15) is 17.3 Å². The number of ether oxygens (including phenoxy) is 1. The second-order valence-corrected chi connectivity index (χ2v) is 5.45. The van der Waals surface area contributed by atoms with Crippen molar-refractivity contribution in [1.82, 2.24) is 20.2 Å². The van der Waals surface area contributed by atoms with E-state index in [9.17, 15) is 9.18 Å². The lowest BCUT2D eigenvalue weighted by Gasteiger charge is -2.11. The Morgan fingerprint density at radius 3 is 2.89 bits per heavy atom. The number of carbonyl (C=O) groups excluding carboxylic acids is 1. The van der Waals surface area contributed by atoms with E-state index >= 15 is 0 Å². The minimum atomic E-state index is -0.645. The van der Waals surface area contributed by atoms with Crippen LogP contribution < -0.4 is 5.32 Å². The molecule has 27 heavy (non-hydrogen) atoms. The first-order chi connectivity index (χ1) is 13.1. The number of aromatic amines is 1. The van der Waals surface area contributed by atoms with Crippen molar-refractivity contribution in [3.63, 3.8) is 0 Å². The Balaban J connectivity index is 1.80. The fraction of sp³-hybridized carbons (Fsp3) is 0.167. The molecule has 0 aliphatic rings. The van der Waals surface area contributed by atoms with E-state index < -0.39 is 5.97 Å². The van der Waals surface area contributed by atoms with Crippen LogP contribution >= 0.6 is 0 Å². The molecule has 138 valence electrons. The van der Waals surface area contributed by atoms with Crippen molar-refractivity contribution in [3.8, 4) is 0 Å². The summed E-state index contributed by atoms with van der Waals surface area (Å²) in [5.74, 6) is -0.645. The number of pyridine rings is 1. The van der Waals surface area contributed by atoms with Gasteiger partial charge < -0.3 is 10.1 Å². The molecule has 0 radical (unpaired) electrons. The zero-order chi connectivity index (χ0) is 19.2. The largest absolute Gasteiger partial charge is 0.460 e. The van der Waals surface area contributed by atoms with Crippen molar-refractivity contribution in [2.45, 2.75) is 13.5 Å². The summed E-state index contributed by atoms with van der Waals surface area (Å²) in [5.41, 5.74) is 0.859. The first-order valence-corrected chi connectivity index (χ1v) is 8.21. The Hall–Kier alpha value is -3.62. The topological polar surface area (TPSA) is 117 Å². The number of nitrogens with one attached hydrogen (secondary N) is 3. The first-order valence-electron chi connectivity index (χ1n) is 8.21. The number of hydrogen-bond acceptors (Lipinski definition) is 7. The highest BCUT2D eigenvalue weighted by molar-refractivity contribution is 6.11. The van der Waals surface area contributed by atoms with Crippen LogP contribution in [0.2, 0.25) is 0 Å². The average molecular weight is 368 g/mol. The maximum absolute atomic E-state index is 13.8. The molecule has 3 aromatic rings. The van der Waals surface area contributed by atoms with Gasteiger partial charge in [-0.1, -0.05) is 18.2 Å². The maximum atomic E-state index is 13.8. The molecular formula is C18H17FN6O2. The van der Waals surface area contributed by atoms with Gasteiger partial charge in [-0.2, -0.15) is 10.1 Å². The van der Waals surface area contributed by atoms with Crippen molar-refractivity contribution >= 4 is 17.5 Å². The summed E-state index contributed by atoms with van der Waals surface area (Å²) in [5, 5.41) is 17.7. The molecule has 0 aliphatic carbocycles. The van der Waals surface area contributed by atoms with Crippen LogP contribution in [0.15, 0.2) is 42.6 Å². The van der Waals surface area contributed by atoms with Gasteiger partial charge >= 0.3 is 5.97 Å². The Kier molecular flexibility index (Phi) is 5.50. The minimum absolute atomic E-state index is 0.0278. The molecule has 9 heteroatoms. The number of aromatic nitrogens is 4. The second-order valence-electron chi connectivity index (χ2n) is 5.45. The van der Waals surface area contributed by atoms with Crippen molar-refractivity contribution in [2.75, 3.05) is 11.9 Å². The van der Waals surface area contributed by atoms with Crippen molar-refractivity contribution in [3.05, 3.63) is 71.2 Å². The summed E-state index contributed by atoms with van der Waals surface area (Å²) >= 11 is 0. The van der Waals surface area contributed by atoms with Crippen LogP contribution in [0.4, 0.5) is 10.2 Å². The molecule has 1 aromatic carbocycles. The molecule has 0 fully saturated rings. The van der Waals surface area contributed by atoms with Gasteiger partial charge in [-0.25, -0.2) is 14.2 Å². The van der Waals surface area contributed by atoms with Crippen molar-refractivity contribution in [2.24, 2.45) is 0 Å². The lowest BCUT2D eigenvalue weighted by molar-refractivity contribution is 0.0512. The highest BCUT2D eigenvalue weighted by Gasteiger charge is 2.19. The highest BCUT2D eigenvalue weighted by Crippen LogP contribution is 2.17. The molecule has 3 N–H and O–H groups in total. The number of rotatable bonds is 7. The highest BCUT2D eigenvalue weighted by atomic mass is 19.1. The number of esters is 1. The fourth-order valence-electron chi connectivity index (χ4n) is 2.35. The van der Waals surface area contributed by atoms with Gasteiger partial charge in [-0.3, -0.25) is 10.5 Å². The van der Waals surface area contributed by atoms with Gasteiger partial charge in [0, 0.05) is 23.9 Å². The summed E-state index contributed by atoms with van der Waals surface area (Å²) in [6.07, 6.45) is 1.56. The Labute approximate surface area is 154 Å². The van der Waals surface area contributed by atoms with E-state index in [0.29, 0.717) is 16.9 Å². The van der Waals surface area contributed by atoms with Crippen LogP contribution in [0, 0.1) is 11.2 Å². The third kappa shape index (κ3) is 4.14. The normalized spacial score (nSPS) is 10.4. The molecule has 0 saturated heterocycles. The standard InChI is InChI=1S/C18H17FN6O2/c1-2-27-18(26)17-23-16(24-25-17)14(20)12-7-5-9-21-15(12)22-10-11-6-3-4-8-13(11)19/h3-9,20H,2,10H2,1H3,(H,21,22)(H,23,24,25). The third-order valence-electron chi connectivity index (χ3n) is 3.66. The van der Waals surface area contributed by atoms with Crippen molar-refractivity contribution in [1.29, 1.82) is 5.41 Å². The second kappa shape index (κ2) is 8.17. The van der Waals surface area contributed by atoms with E-state index in [4.69, 9.17) is 10.1 Å². The quantitative estimate of drug-likeness (QED) is 0.436. The van der Waals surface area contributed by atoms with Crippen LogP contribution in [0.1, 0.15) is 34.5 Å². The smallest absolute Gasteiger partial charge is 0.375 e. The molecule has 0 unspecified atom stereocenters. The maximum Gasteiger partial charge on any atom is 0.375 e. The Bertz CT molecular complexity index is 972. The lowest BCUT2D eigenvalue weighted by atomic mass is 10.1. The minimum Gasteiger partial charge on any atom is -0.460 e. The van der Waals surface area contributed by atoms with E-state index in [2.05, 4.69) is 25.5 Å². The average Bonchev–Trinajstić information content (AvgIpc) is 3.18. The first kappa shape index (κ1) is 18.2. The zero-order valence-electron chi connectivity index (χ0n) is 14.5. The van der Waals surface area contributed by atoms with Gasteiger partial charge in [0.15, 0.2) is 5.82 Å². The van der Waals surface area contributed by atoms with Gasteiger partial charge in [0.25, 0.3) is 0 Å². The van der Waals surface area contributed by atoms with Gasteiger partial charge in [0.2, 0.25) is 5.82 Å². The van der Waals surface area contributed by atoms with Crippen LogP contribution in [0.3, 0.4) is 0 Å². The number of H-pyrrole nitrogens is 1. The molecular weight excluding hydrogens is 351 g/mol. The number of benzene rings is 1. The molecule has 0 saturated carbocycles. The summed E-state index contributed by atoms with van der Waals surface area (Å²) < 4.78 is 18.6. The molecule has 0 aliphatic heterocycles. The Morgan fingerprint density at radius 2 is 2.11 bits per heavy atom. The molecule has 2 heterocycles. The van der Waals surface area contributed by atoms with E-state index in [1.165, 1.54) is 6.07 Å². The number of halogens is 1. The molecule has 0 amide bonds. The zero-order valence-corrected chi connectivity index (χ0v) is 14.5. The SMILES string of the molecule is CCOC(=O)c1nc(C(=N)c2cccnc2NCc2ccccc2F)n[nH]1. The number of nitrogens with zero attached hydrogens (tertiary/aromatic N) is 3. The summed E-state index contributed by atoms with van der Waals surface area (Å²) in [7, 11) is 0. The summed E-state index contributed by atoms with van der Waals surface area (Å²) in [6.45, 7) is 2.09. The summed E-state index contributed by atoms with van der Waals surface area (Å²) in [6, 6.07) is 9.73. The van der Waals surface area contributed by atoms with Crippen LogP contribution in [0.25, 0.3) is 0 Å². The number of anilines is 1. The van der Waals surface area contributed by atoms with Crippen LogP contribution in [0.5, 0.6) is 0 Å². The monoisotopic (exact) mass is 368 g/mol. The van der Waals surface area contributed by atoms with Crippen LogP contribution in [-0.2, 0) is 11.3 Å². The van der Waals surface area contributed by atoms with Gasteiger partial charge in [0.05, 0.1) is 6.61 Å². The van der Waals surface area contributed by atoms with E-state index in [1.54, 1.807) is 43.5 Å². The van der Waals surface area contributed by atoms with Gasteiger partial charge in [-0.05, 0) is 25.1 Å². The molecule has 2 aromatic heterocycles. The molecule has 8 nitrogen and oxygen atoms in total. The molecule has 0 atom stereocenters. The fourth-order valence-corrected chi connectivity index (χ4v) is 2.35. The van der Waals surface area contributed by atoms with Gasteiger partial charge in [-0.15, -0.1) is 0 Å². The molecule has 0 spiro atoms. The van der Waals surface area contributed by atoms with E-state index in [-0.39, 0.29) is 36.3 Å². The van der Waals surface area contributed by atoms with E-state index in [1.807, 2.05) is 0 Å². The number of carbonyl (C=O) groups is 1. The lowest BCUT2D eigenvalue weighted by Crippen LogP contribution is -2.12. The predicted octanol–water partition coefficient (Wildman–Crippen LogP) is 2.54. The summed E-state index contributed by atoms with van der Waals surface area (Å²) in [4.78, 5) is 19.9. The van der Waals surface area contributed by atoms with E-state index in [0.717, 1.165) is 0 Å².